The van der Waals surface area contributed by atoms with Crippen molar-refractivity contribution in [3.8, 4) is 0 Å². The van der Waals surface area contributed by atoms with E-state index in [1.807, 2.05) is 141 Å². The van der Waals surface area contributed by atoms with Crippen LogP contribution in [-0.4, -0.2) is 55.1 Å². The summed E-state index contributed by atoms with van der Waals surface area (Å²) < 4.78 is 14.6. The highest BCUT2D eigenvalue weighted by molar-refractivity contribution is 5.47. The monoisotopic (exact) mass is 1260 g/mol. The molecule has 0 amide bonds. The van der Waals surface area contributed by atoms with Crippen molar-refractivity contribution < 1.29 is 13.4 Å². The fourth-order valence-electron chi connectivity index (χ4n) is 8.30. The van der Waals surface area contributed by atoms with Crippen LogP contribution in [0, 0.1) is 46.5 Å². The second-order valence-corrected chi connectivity index (χ2v) is 22.4. The second-order valence-electron chi connectivity index (χ2n) is 22.4. The van der Waals surface area contributed by atoms with Crippen molar-refractivity contribution in [2.75, 3.05) is 25.9 Å². The van der Waals surface area contributed by atoms with Crippen molar-refractivity contribution in [1.82, 2.24) is 35.0 Å². The Morgan fingerprint density at radius 1 is 0.578 bits per heavy atom. The molecule has 7 aromatic rings. The number of hydrogen-bond acceptors (Lipinski definition) is 10. The molecule has 1 saturated heterocycles. The van der Waals surface area contributed by atoms with Crippen molar-refractivity contribution in [2.24, 2.45) is 11.8 Å². The summed E-state index contributed by atoms with van der Waals surface area (Å²) in [5.41, 5.74) is 17.2. The Balaban J connectivity index is -0.000000139. The first-order valence-electron chi connectivity index (χ1n) is 33.7. The molecule has 1 aliphatic rings. The fourth-order valence-corrected chi connectivity index (χ4v) is 8.30. The molecule has 0 spiro atoms. The SMILES string of the molecule is C.C.CC.CC.CC.CC.CC.CC.CC(C)C1CCN(C)CC1.CC(C)c1ccco1.CC(C)c1ccoc1.CC(C)c1ccon1.CC(C)c1cnc[nH]1.Cc1cc(C)c(C(C)C)c(N)n1.Cc1ccccc1C(C)C.Cc1nc(C)c(C(C)C)c(=O)[nH]1. The van der Waals surface area contributed by atoms with E-state index in [1.165, 1.54) is 59.4 Å². The molecule has 12 heteroatoms. The van der Waals surface area contributed by atoms with E-state index in [2.05, 4.69) is 188 Å². The van der Waals surface area contributed by atoms with Gasteiger partial charge in [0.1, 0.15) is 23.7 Å². The molecule has 0 radical (unpaired) electrons. The van der Waals surface area contributed by atoms with E-state index in [0.717, 1.165) is 40.2 Å². The Morgan fingerprint density at radius 3 is 1.40 bits per heavy atom. The molecule has 0 bridgehead atoms. The summed E-state index contributed by atoms with van der Waals surface area (Å²) >= 11 is 0. The molecule has 8 rings (SSSR count). The van der Waals surface area contributed by atoms with Crippen molar-refractivity contribution in [3.05, 3.63) is 170 Å². The number of nitrogens with one attached hydrogen (secondary N) is 2. The predicted octanol–water partition coefficient (Wildman–Crippen LogP) is 24.6. The first-order chi connectivity index (χ1) is 41.7. The Morgan fingerprint density at radius 2 is 1.11 bits per heavy atom. The van der Waals surface area contributed by atoms with Gasteiger partial charge in [-0.15, -0.1) is 0 Å². The minimum Gasteiger partial charge on any atom is -0.472 e. The van der Waals surface area contributed by atoms with Crippen molar-refractivity contribution in [3.63, 3.8) is 0 Å². The van der Waals surface area contributed by atoms with Gasteiger partial charge in [-0.2, -0.15) is 0 Å². The van der Waals surface area contributed by atoms with E-state index < -0.39 is 0 Å². The van der Waals surface area contributed by atoms with E-state index in [4.69, 9.17) is 14.6 Å². The highest BCUT2D eigenvalue weighted by Crippen LogP contribution is 2.25. The molecule has 0 unspecified atom stereocenters. The standard InChI is InChI=1S/C10H16N2.C10H14.C9H14N2O.C9H19N.2C7H10O.C6H10N2.C6H9NO.6C2H6.2CH4/c1-6(2)9-7(3)5-8(4)12-10(9)11;1-8(2)10-7-5-4-6-9(10)3;1-5(2)8-6(3)10-7(4)11-9(8)12;1-8(2)9-4-6-10(3)7-5-9;1-6(2)7-3-4-8-5-7;1-6(2)7-4-3-5-8-7;1-5(2)6-3-7-4-8-6;1-5(2)6-3-4-8-7-6;6*1-2;;/h5-6H,1-4H3,(H2,11,12);4-8H,1-3H3;5H,1-4H3,(H,10,11,12);8-9H,4-7H2,1-3H3;2*3-6H,1-2H3;3-5H,1-2H3,(H,7,8);3-5H,1-2H3;6*1-2H3;2*1H4. The Hall–Kier alpha value is -6.01. The molecule has 522 valence electrons. The number of aryl methyl sites for hydroxylation is 5. The van der Waals surface area contributed by atoms with E-state index in [0.29, 0.717) is 47.1 Å². The molecule has 1 fully saturated rings. The molecule has 12 nitrogen and oxygen atoms in total. The highest BCUT2D eigenvalue weighted by Gasteiger charge is 2.19. The van der Waals surface area contributed by atoms with E-state index in [1.54, 1.807) is 38.3 Å². The van der Waals surface area contributed by atoms with E-state index >= 15 is 0 Å². The smallest absolute Gasteiger partial charge is 0.254 e. The summed E-state index contributed by atoms with van der Waals surface area (Å²) in [5.74, 6) is 7.82. The van der Waals surface area contributed by atoms with Gasteiger partial charge in [-0.3, -0.25) is 4.79 Å². The zero-order valence-electron chi connectivity index (χ0n) is 63.1. The number of pyridine rings is 1. The quantitative estimate of drug-likeness (QED) is 0.133. The average Bonchev–Trinajstić information content (AvgIpc) is 3.33. The maximum Gasteiger partial charge on any atom is 0.254 e. The number of nitrogens with two attached hydrogens (primary N) is 1. The summed E-state index contributed by atoms with van der Waals surface area (Å²) in [4.78, 5) is 31.9. The van der Waals surface area contributed by atoms with Gasteiger partial charge < -0.3 is 34.0 Å². The number of anilines is 1. The topological polar surface area (TPSA) is 169 Å². The number of nitrogen functional groups attached to an aromatic ring is 1. The Labute approximate surface area is 557 Å². The van der Waals surface area contributed by atoms with Crippen LogP contribution in [0.25, 0.3) is 0 Å². The molecule has 7 heterocycles. The lowest BCUT2D eigenvalue weighted by Crippen LogP contribution is -2.32. The third-order valence-electron chi connectivity index (χ3n) is 12.9. The number of hydrogen-bond donors (Lipinski definition) is 3. The first kappa shape index (κ1) is 100. The highest BCUT2D eigenvalue weighted by atomic mass is 16.5. The first-order valence-corrected chi connectivity index (χ1v) is 33.7. The lowest BCUT2D eigenvalue weighted by atomic mass is 9.87. The van der Waals surface area contributed by atoms with Crippen LogP contribution in [0.5, 0.6) is 0 Å². The van der Waals surface area contributed by atoms with Gasteiger partial charge >= 0.3 is 0 Å². The van der Waals surface area contributed by atoms with Crippen LogP contribution in [0.4, 0.5) is 5.82 Å². The number of H-pyrrole nitrogens is 2. The largest absolute Gasteiger partial charge is 0.472 e. The summed E-state index contributed by atoms with van der Waals surface area (Å²) in [6.07, 6.45) is 13.2. The molecule has 0 saturated carbocycles. The number of aromatic nitrogens is 6. The van der Waals surface area contributed by atoms with Crippen molar-refractivity contribution in [2.45, 2.75) is 298 Å². The maximum atomic E-state index is 11.4. The predicted molar refractivity (Wildman–Crippen MR) is 401 cm³/mol. The fraction of sp³-hybridized carbons (Fsp3) is 0.628. The Kier molecular flexibility index (Phi) is 70.3. The number of aromatic amines is 2. The van der Waals surface area contributed by atoms with Gasteiger partial charge in [-0.05, 0) is 167 Å². The molecule has 90 heavy (non-hydrogen) atoms. The molecular weight excluding hydrogens is 1110 g/mol. The zero-order valence-corrected chi connectivity index (χ0v) is 63.1. The van der Waals surface area contributed by atoms with Gasteiger partial charge in [0.15, 0.2) is 0 Å². The zero-order chi connectivity index (χ0) is 69.7. The minimum atomic E-state index is -0.00463. The second kappa shape index (κ2) is 63.2. The van der Waals surface area contributed by atoms with Crippen LogP contribution in [-0.2, 0) is 0 Å². The van der Waals surface area contributed by atoms with Gasteiger partial charge in [-0.1, -0.05) is 238 Å². The molecule has 1 aromatic carbocycles. The van der Waals surface area contributed by atoms with E-state index in [-0.39, 0.29) is 26.3 Å². The third kappa shape index (κ3) is 47.0. The average molecular weight is 1260 g/mol. The van der Waals surface area contributed by atoms with Crippen LogP contribution in [0.15, 0.2) is 110 Å². The molecule has 0 atom stereocenters. The summed E-state index contributed by atoms with van der Waals surface area (Å²) in [6, 6.07) is 18.4. The van der Waals surface area contributed by atoms with Crippen LogP contribution in [0.1, 0.15) is 331 Å². The number of nitrogens with zero attached hydrogens (tertiary/aromatic N) is 5. The normalized spacial score (nSPS) is 10.8. The van der Waals surface area contributed by atoms with Crippen LogP contribution < -0.4 is 11.3 Å². The van der Waals surface area contributed by atoms with Crippen LogP contribution in [0.2, 0.25) is 0 Å². The Bertz CT molecular complexity index is 2390. The van der Waals surface area contributed by atoms with Crippen molar-refractivity contribution >= 4 is 5.82 Å². The van der Waals surface area contributed by atoms with Gasteiger partial charge in [-0.25, -0.2) is 15.0 Å². The minimum absolute atomic E-state index is 0. The third-order valence-corrected chi connectivity index (χ3v) is 12.9. The van der Waals surface area contributed by atoms with Gasteiger partial charge in [0, 0.05) is 40.8 Å². The van der Waals surface area contributed by atoms with Crippen LogP contribution in [0.3, 0.4) is 0 Å². The number of imidazole rings is 1. The van der Waals surface area contributed by atoms with Gasteiger partial charge in [0.05, 0.1) is 30.8 Å². The number of furan rings is 2. The maximum absolute atomic E-state index is 11.4. The number of likely N-dealkylation sites (tertiary alicyclic amines) is 1. The van der Waals surface area contributed by atoms with Crippen LogP contribution >= 0.6 is 0 Å². The van der Waals surface area contributed by atoms with Crippen molar-refractivity contribution in [1.29, 1.82) is 0 Å². The number of benzene rings is 1. The molecule has 0 aliphatic carbocycles. The van der Waals surface area contributed by atoms with E-state index in [9.17, 15) is 4.79 Å². The number of piperidine rings is 1. The van der Waals surface area contributed by atoms with Gasteiger partial charge in [0.2, 0.25) is 0 Å². The lowest BCUT2D eigenvalue weighted by molar-refractivity contribution is 0.185. The summed E-state index contributed by atoms with van der Waals surface area (Å²) in [7, 11) is 2.22. The summed E-state index contributed by atoms with van der Waals surface area (Å²) in [5, 5.41) is 3.74. The molecular formula is C78H146N8O4. The summed E-state index contributed by atoms with van der Waals surface area (Å²) in [6.45, 7) is 70.8. The van der Waals surface area contributed by atoms with Gasteiger partial charge in [0.25, 0.3) is 5.56 Å². The number of rotatable bonds is 8. The molecule has 1 aliphatic heterocycles. The molecule has 6 aromatic heterocycles. The lowest BCUT2D eigenvalue weighted by Gasteiger charge is -2.31. The molecule has 4 N–H and O–H groups in total.